The molecule has 0 atom stereocenters. The van der Waals surface area contributed by atoms with Crippen molar-refractivity contribution in [3.05, 3.63) is 56.2 Å². The molecule has 2 aromatic rings. The van der Waals surface area contributed by atoms with Gasteiger partial charge < -0.3 is 5.32 Å². The van der Waals surface area contributed by atoms with E-state index in [0.29, 0.717) is 6.07 Å². The summed E-state index contributed by atoms with van der Waals surface area (Å²) in [6.07, 6.45) is 0. The minimum absolute atomic E-state index is 0.0290. The van der Waals surface area contributed by atoms with Gasteiger partial charge in [0.1, 0.15) is 16.1 Å². The van der Waals surface area contributed by atoms with Crippen LogP contribution in [-0.2, 0) is 0 Å². The van der Waals surface area contributed by atoms with Crippen LogP contribution in [0.25, 0.3) is 0 Å². The molecule has 0 fully saturated rings. The second kappa shape index (κ2) is 6.03. The maximum Gasteiger partial charge on any atom is 0.255 e. The number of carbonyl (C=O) groups excluding carboxylic acids is 1. The van der Waals surface area contributed by atoms with E-state index in [0.717, 1.165) is 6.07 Å². The predicted octanol–water partition coefficient (Wildman–Crippen LogP) is 4.68. The predicted molar refractivity (Wildman–Crippen MR) is 76.3 cm³/mol. The monoisotopic (exact) mass is 380 g/mol. The van der Waals surface area contributed by atoms with Gasteiger partial charge in [-0.3, -0.25) is 4.79 Å². The molecule has 1 heterocycles. The maximum absolute atomic E-state index is 13.6. The zero-order valence-corrected chi connectivity index (χ0v) is 12.7. The molecule has 20 heavy (non-hydrogen) atoms. The molecule has 0 aliphatic carbocycles. The van der Waals surface area contributed by atoms with Gasteiger partial charge in [0.25, 0.3) is 5.91 Å². The molecule has 0 radical (unpaired) electrons. The van der Waals surface area contributed by atoms with E-state index in [-0.39, 0.29) is 26.0 Å². The summed E-state index contributed by atoms with van der Waals surface area (Å²) in [7, 11) is 0. The van der Waals surface area contributed by atoms with Crippen molar-refractivity contribution in [2.75, 3.05) is 5.32 Å². The van der Waals surface area contributed by atoms with Gasteiger partial charge in [0.15, 0.2) is 5.82 Å². The lowest BCUT2D eigenvalue weighted by Crippen LogP contribution is -2.14. The van der Waals surface area contributed by atoms with E-state index in [9.17, 15) is 13.6 Å². The Hall–Kier alpha value is -1.24. The molecular formula is C12H5BrCl2F2N2O. The van der Waals surface area contributed by atoms with Gasteiger partial charge in [0.2, 0.25) is 0 Å². The first-order chi connectivity index (χ1) is 9.36. The number of nitrogens with one attached hydrogen (secondary N) is 1. The molecule has 104 valence electrons. The number of pyridine rings is 1. The summed E-state index contributed by atoms with van der Waals surface area (Å²) in [6, 6.07) is 4.24. The van der Waals surface area contributed by atoms with Gasteiger partial charge in [-0.15, -0.1) is 0 Å². The second-order valence-corrected chi connectivity index (χ2v) is 5.33. The number of halogens is 5. The van der Waals surface area contributed by atoms with Gasteiger partial charge >= 0.3 is 0 Å². The molecule has 1 aromatic carbocycles. The molecule has 1 aromatic heterocycles. The number of hydrogen-bond acceptors (Lipinski definition) is 2. The van der Waals surface area contributed by atoms with E-state index in [2.05, 4.69) is 26.2 Å². The zero-order valence-electron chi connectivity index (χ0n) is 9.55. The molecule has 0 spiro atoms. The van der Waals surface area contributed by atoms with Crippen molar-refractivity contribution < 1.29 is 13.6 Å². The smallest absolute Gasteiger partial charge is 0.255 e. The van der Waals surface area contributed by atoms with E-state index < -0.39 is 17.5 Å². The minimum atomic E-state index is -0.906. The van der Waals surface area contributed by atoms with Crippen LogP contribution in [0.2, 0.25) is 10.3 Å². The topological polar surface area (TPSA) is 42.0 Å². The van der Waals surface area contributed by atoms with Crippen molar-refractivity contribution in [2.24, 2.45) is 0 Å². The summed E-state index contributed by atoms with van der Waals surface area (Å²) in [5.41, 5.74) is -0.0777. The van der Waals surface area contributed by atoms with Gasteiger partial charge in [-0.05, 0) is 34.1 Å². The molecular weight excluding hydrogens is 377 g/mol. The number of amides is 1. The fourth-order valence-corrected chi connectivity index (χ4v) is 2.41. The quantitative estimate of drug-likeness (QED) is 0.767. The molecule has 0 saturated carbocycles. The Morgan fingerprint density at radius 2 is 1.75 bits per heavy atom. The van der Waals surface area contributed by atoms with Gasteiger partial charge in [0, 0.05) is 16.1 Å². The Balaban J connectivity index is 2.32. The maximum atomic E-state index is 13.6. The van der Waals surface area contributed by atoms with Crippen molar-refractivity contribution in [3.63, 3.8) is 0 Å². The average molecular weight is 382 g/mol. The Bertz CT molecular complexity index is 654. The summed E-state index contributed by atoms with van der Waals surface area (Å²) in [5.74, 6) is -2.32. The standard InChI is InChI=1S/C12H5BrCl2F2N2O/c13-7-3-6(16)4-8(17)11(7)19-12(20)5-1-9(14)18-10(15)2-5/h1-4H,(H,19,20). The van der Waals surface area contributed by atoms with E-state index in [1.165, 1.54) is 12.1 Å². The van der Waals surface area contributed by atoms with Crippen molar-refractivity contribution >= 4 is 50.7 Å². The van der Waals surface area contributed by atoms with Crippen LogP contribution in [0, 0.1) is 11.6 Å². The van der Waals surface area contributed by atoms with Gasteiger partial charge in [-0.1, -0.05) is 23.2 Å². The van der Waals surface area contributed by atoms with E-state index in [1.54, 1.807) is 0 Å². The molecule has 0 bridgehead atoms. The highest BCUT2D eigenvalue weighted by atomic mass is 79.9. The van der Waals surface area contributed by atoms with Crippen LogP contribution < -0.4 is 5.32 Å². The molecule has 2 rings (SSSR count). The third-order valence-electron chi connectivity index (χ3n) is 2.27. The summed E-state index contributed by atoms with van der Waals surface area (Å²) in [6.45, 7) is 0. The Labute approximate surface area is 131 Å². The largest absolute Gasteiger partial charge is 0.319 e. The molecule has 0 aliphatic heterocycles. The lowest BCUT2D eigenvalue weighted by atomic mass is 10.2. The van der Waals surface area contributed by atoms with Crippen LogP contribution in [0.3, 0.4) is 0 Å². The van der Waals surface area contributed by atoms with Crippen molar-refractivity contribution in [1.82, 2.24) is 4.98 Å². The number of nitrogens with zero attached hydrogens (tertiary/aromatic N) is 1. The molecule has 0 saturated heterocycles. The summed E-state index contributed by atoms with van der Waals surface area (Å²) in [4.78, 5) is 15.7. The minimum Gasteiger partial charge on any atom is -0.319 e. The van der Waals surface area contributed by atoms with Crippen LogP contribution in [0.5, 0.6) is 0 Å². The summed E-state index contributed by atoms with van der Waals surface area (Å²) >= 11 is 14.3. The van der Waals surface area contributed by atoms with E-state index >= 15 is 0 Å². The molecule has 1 N–H and O–H groups in total. The SMILES string of the molecule is O=C(Nc1c(F)cc(F)cc1Br)c1cc(Cl)nc(Cl)c1. The van der Waals surface area contributed by atoms with Crippen LogP contribution in [0.15, 0.2) is 28.7 Å². The fraction of sp³-hybridized carbons (Fsp3) is 0. The highest BCUT2D eigenvalue weighted by Crippen LogP contribution is 2.27. The number of carbonyl (C=O) groups is 1. The molecule has 1 amide bonds. The Morgan fingerprint density at radius 3 is 2.30 bits per heavy atom. The lowest BCUT2D eigenvalue weighted by Gasteiger charge is -2.09. The molecule has 3 nitrogen and oxygen atoms in total. The Morgan fingerprint density at radius 1 is 1.15 bits per heavy atom. The molecule has 0 aliphatic rings. The average Bonchev–Trinajstić information content (AvgIpc) is 2.32. The van der Waals surface area contributed by atoms with Gasteiger partial charge in [-0.2, -0.15) is 0 Å². The van der Waals surface area contributed by atoms with Crippen LogP contribution in [0.4, 0.5) is 14.5 Å². The number of rotatable bonds is 2. The lowest BCUT2D eigenvalue weighted by molar-refractivity contribution is 0.102. The first kappa shape index (κ1) is 15.2. The van der Waals surface area contributed by atoms with Gasteiger partial charge in [0.05, 0.1) is 5.69 Å². The Kier molecular flexibility index (Phi) is 4.57. The summed E-state index contributed by atoms with van der Waals surface area (Å²) < 4.78 is 26.6. The van der Waals surface area contributed by atoms with Gasteiger partial charge in [-0.25, -0.2) is 13.8 Å². The van der Waals surface area contributed by atoms with Crippen molar-refractivity contribution in [1.29, 1.82) is 0 Å². The molecule has 8 heteroatoms. The first-order valence-corrected chi connectivity index (χ1v) is 6.70. The summed E-state index contributed by atoms with van der Waals surface area (Å²) in [5, 5.41) is 2.36. The van der Waals surface area contributed by atoms with Crippen LogP contribution in [0.1, 0.15) is 10.4 Å². The van der Waals surface area contributed by atoms with Crippen LogP contribution >= 0.6 is 39.1 Å². The highest BCUT2D eigenvalue weighted by molar-refractivity contribution is 9.10. The number of benzene rings is 1. The molecule has 0 unspecified atom stereocenters. The number of hydrogen-bond donors (Lipinski definition) is 1. The third-order valence-corrected chi connectivity index (χ3v) is 3.28. The number of anilines is 1. The van der Waals surface area contributed by atoms with E-state index in [1.807, 2.05) is 0 Å². The number of aromatic nitrogens is 1. The zero-order chi connectivity index (χ0) is 14.9. The fourth-order valence-electron chi connectivity index (χ4n) is 1.44. The highest BCUT2D eigenvalue weighted by Gasteiger charge is 2.15. The second-order valence-electron chi connectivity index (χ2n) is 3.70. The van der Waals surface area contributed by atoms with E-state index in [4.69, 9.17) is 23.2 Å². The van der Waals surface area contributed by atoms with Crippen molar-refractivity contribution in [2.45, 2.75) is 0 Å². The normalized spacial score (nSPS) is 10.4. The third kappa shape index (κ3) is 3.45. The first-order valence-electron chi connectivity index (χ1n) is 5.16. The van der Waals surface area contributed by atoms with Crippen molar-refractivity contribution in [3.8, 4) is 0 Å². The van der Waals surface area contributed by atoms with Crippen LogP contribution in [-0.4, -0.2) is 10.9 Å².